The Labute approximate surface area is 115 Å². The van der Waals surface area contributed by atoms with Crippen LogP contribution in [0.5, 0.6) is 0 Å². The lowest BCUT2D eigenvalue weighted by Crippen LogP contribution is -2.38. The zero-order valence-corrected chi connectivity index (χ0v) is 12.6. The lowest BCUT2D eigenvalue weighted by atomic mass is 9.69. The van der Waals surface area contributed by atoms with Crippen LogP contribution in [0.3, 0.4) is 0 Å². The van der Waals surface area contributed by atoms with Crippen LogP contribution in [-0.4, -0.2) is 22.2 Å². The van der Waals surface area contributed by atoms with Crippen molar-refractivity contribution in [1.82, 2.24) is 0 Å². The number of carbonyl (C=O) groups is 2. The Morgan fingerprint density at radius 1 is 1.05 bits per heavy atom. The molecule has 0 amide bonds. The molecule has 0 heterocycles. The maximum atomic E-state index is 11.8. The Balaban J connectivity index is 6.12. The summed E-state index contributed by atoms with van der Waals surface area (Å²) in [4.78, 5) is 23.4. The van der Waals surface area contributed by atoms with E-state index in [2.05, 4.69) is 0 Å². The number of hydrogen-bond acceptors (Lipinski definition) is 2. The highest BCUT2D eigenvalue weighted by molar-refractivity contribution is 5.97. The van der Waals surface area contributed by atoms with Gasteiger partial charge in [0.2, 0.25) is 0 Å². The van der Waals surface area contributed by atoms with Crippen LogP contribution in [0.2, 0.25) is 0 Å². The van der Waals surface area contributed by atoms with Crippen molar-refractivity contribution in [3.63, 3.8) is 0 Å². The Hall–Kier alpha value is -1.32. The molecule has 4 heteroatoms. The molecule has 0 rings (SSSR count). The topological polar surface area (TPSA) is 74.6 Å². The molecule has 2 N–H and O–H groups in total. The van der Waals surface area contributed by atoms with E-state index in [0.29, 0.717) is 25.7 Å². The van der Waals surface area contributed by atoms with Gasteiger partial charge in [0.15, 0.2) is 0 Å². The third-order valence-electron chi connectivity index (χ3n) is 3.67. The highest BCUT2D eigenvalue weighted by Crippen LogP contribution is 2.41. The molecule has 110 valence electrons. The van der Waals surface area contributed by atoms with Crippen molar-refractivity contribution in [3.05, 3.63) is 11.1 Å². The Bertz CT molecular complexity index is 362. The van der Waals surface area contributed by atoms with Crippen LogP contribution in [0, 0.1) is 11.3 Å². The minimum absolute atomic E-state index is 0.0983. The molecule has 0 bridgehead atoms. The van der Waals surface area contributed by atoms with Crippen LogP contribution in [0.4, 0.5) is 0 Å². The van der Waals surface area contributed by atoms with E-state index in [9.17, 15) is 19.8 Å². The van der Waals surface area contributed by atoms with E-state index in [1.54, 1.807) is 6.92 Å². The molecule has 1 atom stereocenters. The summed E-state index contributed by atoms with van der Waals surface area (Å²) in [5.74, 6) is -2.00. The Morgan fingerprint density at radius 3 is 1.74 bits per heavy atom. The van der Waals surface area contributed by atoms with Gasteiger partial charge in [-0.05, 0) is 31.6 Å². The molecule has 0 aromatic carbocycles. The number of allylic oxidation sites excluding steroid dienone is 1. The van der Waals surface area contributed by atoms with E-state index in [0.717, 1.165) is 5.57 Å². The smallest absolute Gasteiger partial charge is 0.332 e. The predicted molar refractivity (Wildman–Crippen MR) is 75.1 cm³/mol. The minimum atomic E-state index is -1.28. The minimum Gasteiger partial charge on any atom is -0.481 e. The number of rotatable bonds is 8. The molecule has 0 saturated heterocycles. The molecule has 0 aromatic rings. The second-order valence-electron chi connectivity index (χ2n) is 5.33. The molecule has 19 heavy (non-hydrogen) atoms. The SMILES string of the molecule is CCC(CC)=C(C(=O)O)C(CC)(CC(C)C)C(=O)O. The molecule has 0 saturated carbocycles. The average Bonchev–Trinajstić information content (AvgIpc) is 2.32. The summed E-state index contributed by atoms with van der Waals surface area (Å²) < 4.78 is 0. The molecule has 0 fully saturated rings. The number of carboxylic acids is 2. The zero-order chi connectivity index (χ0) is 15.2. The Kier molecular flexibility index (Phi) is 6.81. The van der Waals surface area contributed by atoms with Crippen molar-refractivity contribution < 1.29 is 19.8 Å². The first-order chi connectivity index (χ1) is 8.76. The molecule has 0 aliphatic rings. The first-order valence-corrected chi connectivity index (χ1v) is 6.95. The molecule has 1 unspecified atom stereocenters. The first-order valence-electron chi connectivity index (χ1n) is 6.95. The van der Waals surface area contributed by atoms with Gasteiger partial charge in [-0.2, -0.15) is 0 Å². The normalized spacial score (nSPS) is 14.0. The van der Waals surface area contributed by atoms with Gasteiger partial charge in [0, 0.05) is 0 Å². The van der Waals surface area contributed by atoms with Crippen molar-refractivity contribution in [2.75, 3.05) is 0 Å². The number of aliphatic carboxylic acids is 2. The number of hydrogen-bond donors (Lipinski definition) is 2. The summed E-state index contributed by atoms with van der Waals surface area (Å²) in [5, 5.41) is 19.1. The van der Waals surface area contributed by atoms with E-state index in [4.69, 9.17) is 0 Å². The van der Waals surface area contributed by atoms with Gasteiger partial charge in [0.25, 0.3) is 0 Å². The van der Waals surface area contributed by atoms with E-state index >= 15 is 0 Å². The summed E-state index contributed by atoms with van der Waals surface area (Å²) in [5.41, 5.74) is -0.444. The van der Waals surface area contributed by atoms with Crippen LogP contribution in [0.1, 0.15) is 60.3 Å². The first kappa shape index (κ1) is 17.7. The second-order valence-corrected chi connectivity index (χ2v) is 5.33. The molecular formula is C15H26O4. The van der Waals surface area contributed by atoms with E-state index in [1.165, 1.54) is 0 Å². The quantitative estimate of drug-likeness (QED) is 0.659. The van der Waals surface area contributed by atoms with Crippen molar-refractivity contribution >= 4 is 11.9 Å². The molecule has 0 aliphatic heterocycles. The largest absolute Gasteiger partial charge is 0.481 e. The van der Waals surface area contributed by atoms with Gasteiger partial charge in [-0.25, -0.2) is 4.79 Å². The van der Waals surface area contributed by atoms with Gasteiger partial charge >= 0.3 is 11.9 Å². The highest BCUT2D eigenvalue weighted by atomic mass is 16.4. The summed E-state index contributed by atoms with van der Waals surface area (Å²) in [6.07, 6.45) is 1.80. The second kappa shape index (κ2) is 7.31. The van der Waals surface area contributed by atoms with Gasteiger partial charge < -0.3 is 10.2 Å². The van der Waals surface area contributed by atoms with Crippen molar-refractivity contribution in [1.29, 1.82) is 0 Å². The van der Waals surface area contributed by atoms with E-state index < -0.39 is 17.4 Å². The van der Waals surface area contributed by atoms with Crippen molar-refractivity contribution in [2.24, 2.45) is 11.3 Å². The Morgan fingerprint density at radius 2 is 1.53 bits per heavy atom. The van der Waals surface area contributed by atoms with Gasteiger partial charge in [-0.3, -0.25) is 4.79 Å². The third kappa shape index (κ3) is 3.82. The van der Waals surface area contributed by atoms with Crippen LogP contribution < -0.4 is 0 Å². The maximum Gasteiger partial charge on any atom is 0.332 e. The lowest BCUT2D eigenvalue weighted by Gasteiger charge is -2.32. The summed E-state index contributed by atoms with van der Waals surface area (Å²) in [6, 6.07) is 0. The van der Waals surface area contributed by atoms with Crippen LogP contribution in [0.25, 0.3) is 0 Å². The van der Waals surface area contributed by atoms with E-state index in [-0.39, 0.29) is 11.5 Å². The molecule has 4 nitrogen and oxygen atoms in total. The zero-order valence-electron chi connectivity index (χ0n) is 12.6. The monoisotopic (exact) mass is 270 g/mol. The molecular weight excluding hydrogens is 244 g/mol. The van der Waals surface area contributed by atoms with E-state index in [1.807, 2.05) is 27.7 Å². The van der Waals surface area contributed by atoms with Crippen LogP contribution in [-0.2, 0) is 9.59 Å². The summed E-state index contributed by atoms with van der Waals surface area (Å²) >= 11 is 0. The van der Waals surface area contributed by atoms with Crippen LogP contribution in [0.15, 0.2) is 11.1 Å². The fraction of sp³-hybridized carbons (Fsp3) is 0.733. The van der Waals surface area contributed by atoms with Gasteiger partial charge in [-0.15, -0.1) is 0 Å². The number of carboxylic acid groups (broad SMARTS) is 2. The third-order valence-corrected chi connectivity index (χ3v) is 3.67. The fourth-order valence-corrected chi connectivity index (χ4v) is 2.76. The standard InChI is InChI=1S/C15H26O4/c1-6-11(7-2)12(13(16)17)15(8-3,14(18)19)9-10(4)5/h10H,6-9H2,1-5H3,(H,16,17)(H,18,19). The van der Waals surface area contributed by atoms with Crippen molar-refractivity contribution in [3.8, 4) is 0 Å². The maximum absolute atomic E-state index is 11.8. The average molecular weight is 270 g/mol. The van der Waals surface area contributed by atoms with Gasteiger partial charge in [0.05, 0.1) is 11.0 Å². The van der Waals surface area contributed by atoms with Crippen LogP contribution >= 0.6 is 0 Å². The molecule has 0 aromatic heterocycles. The predicted octanol–water partition coefficient (Wildman–Crippen LogP) is 3.71. The molecule has 0 aliphatic carbocycles. The highest BCUT2D eigenvalue weighted by Gasteiger charge is 2.45. The van der Waals surface area contributed by atoms with Crippen molar-refractivity contribution in [2.45, 2.75) is 60.3 Å². The van der Waals surface area contributed by atoms with Gasteiger partial charge in [0.1, 0.15) is 0 Å². The summed E-state index contributed by atoms with van der Waals surface area (Å²) in [7, 11) is 0. The molecule has 0 radical (unpaired) electrons. The fourth-order valence-electron chi connectivity index (χ4n) is 2.76. The van der Waals surface area contributed by atoms with Gasteiger partial charge in [-0.1, -0.05) is 40.2 Å². The summed E-state index contributed by atoms with van der Waals surface area (Å²) in [6.45, 7) is 9.34. The molecule has 0 spiro atoms. The lowest BCUT2D eigenvalue weighted by molar-refractivity contribution is -0.151.